The third kappa shape index (κ3) is 1.63. The van der Waals surface area contributed by atoms with Gasteiger partial charge in [-0.1, -0.05) is 0 Å². The van der Waals surface area contributed by atoms with E-state index in [1.165, 1.54) is 14.2 Å². The van der Waals surface area contributed by atoms with Gasteiger partial charge in [0, 0.05) is 23.8 Å². The van der Waals surface area contributed by atoms with E-state index in [4.69, 9.17) is 14.2 Å². The van der Waals surface area contributed by atoms with Crippen LogP contribution in [0.3, 0.4) is 0 Å². The van der Waals surface area contributed by atoms with Crippen LogP contribution in [0.25, 0.3) is 0 Å². The fraction of sp³-hybridized carbons (Fsp3) is 0.417. The van der Waals surface area contributed by atoms with Crippen LogP contribution in [-0.4, -0.2) is 25.3 Å². The van der Waals surface area contributed by atoms with Crippen LogP contribution in [0, 0.1) is 6.92 Å². The third-order valence-corrected chi connectivity index (χ3v) is 2.92. The predicted molar refractivity (Wildman–Crippen MR) is 59.2 cm³/mol. The SMILES string of the molecule is COCc1c(O)c(C)c(OC)c2c1COC2=O. The maximum atomic E-state index is 11.6. The highest BCUT2D eigenvalue weighted by molar-refractivity contribution is 5.98. The molecule has 1 heterocycles. The van der Waals surface area contributed by atoms with Gasteiger partial charge in [0.05, 0.1) is 13.7 Å². The summed E-state index contributed by atoms with van der Waals surface area (Å²) < 4.78 is 15.2. The minimum Gasteiger partial charge on any atom is -0.507 e. The van der Waals surface area contributed by atoms with Crippen molar-refractivity contribution >= 4 is 5.97 Å². The quantitative estimate of drug-likeness (QED) is 0.809. The summed E-state index contributed by atoms with van der Waals surface area (Å²) in [5.74, 6) is 0.0536. The highest BCUT2D eigenvalue weighted by Crippen LogP contribution is 2.41. The van der Waals surface area contributed by atoms with Crippen molar-refractivity contribution in [1.29, 1.82) is 0 Å². The fourth-order valence-corrected chi connectivity index (χ4v) is 2.09. The summed E-state index contributed by atoms with van der Waals surface area (Å²) in [7, 11) is 2.99. The van der Waals surface area contributed by atoms with Gasteiger partial charge in [0.15, 0.2) is 0 Å². The number of benzene rings is 1. The maximum absolute atomic E-state index is 11.6. The molecule has 0 fully saturated rings. The molecule has 0 radical (unpaired) electrons. The van der Waals surface area contributed by atoms with Gasteiger partial charge < -0.3 is 19.3 Å². The lowest BCUT2D eigenvalue weighted by molar-refractivity contribution is 0.0531. The molecule has 0 unspecified atom stereocenters. The first-order valence-electron chi connectivity index (χ1n) is 5.19. The van der Waals surface area contributed by atoms with Gasteiger partial charge in [0.1, 0.15) is 23.7 Å². The van der Waals surface area contributed by atoms with E-state index in [-0.39, 0.29) is 19.0 Å². The average Bonchev–Trinajstić information content (AvgIpc) is 2.68. The minimum absolute atomic E-state index is 0.0979. The van der Waals surface area contributed by atoms with Crippen LogP contribution in [0.4, 0.5) is 0 Å². The Morgan fingerprint density at radius 3 is 2.71 bits per heavy atom. The second-order valence-corrected chi connectivity index (χ2v) is 3.85. The number of cyclic esters (lactones) is 1. The lowest BCUT2D eigenvalue weighted by Crippen LogP contribution is -2.04. The van der Waals surface area contributed by atoms with Gasteiger partial charge in [-0.25, -0.2) is 4.79 Å². The number of phenolic OH excluding ortho intramolecular Hbond substituents is 1. The van der Waals surface area contributed by atoms with Crippen molar-refractivity contribution in [2.75, 3.05) is 14.2 Å². The number of methoxy groups -OCH3 is 2. The van der Waals surface area contributed by atoms with Crippen LogP contribution < -0.4 is 4.74 Å². The zero-order valence-corrected chi connectivity index (χ0v) is 9.99. The molecule has 1 aliphatic heterocycles. The molecule has 1 aliphatic rings. The molecule has 1 aromatic rings. The van der Waals surface area contributed by atoms with Crippen molar-refractivity contribution < 1.29 is 24.1 Å². The number of ether oxygens (including phenoxy) is 3. The van der Waals surface area contributed by atoms with Crippen molar-refractivity contribution in [3.8, 4) is 11.5 Å². The van der Waals surface area contributed by atoms with Crippen LogP contribution in [0.15, 0.2) is 0 Å². The molecule has 0 saturated heterocycles. The molecule has 0 aliphatic carbocycles. The average molecular weight is 238 g/mol. The molecule has 0 bridgehead atoms. The number of carbonyl (C=O) groups excluding carboxylic acids is 1. The number of hydrogen-bond acceptors (Lipinski definition) is 5. The molecular weight excluding hydrogens is 224 g/mol. The third-order valence-electron chi connectivity index (χ3n) is 2.92. The molecule has 0 amide bonds. The first-order chi connectivity index (χ1) is 8.11. The zero-order chi connectivity index (χ0) is 12.6. The van der Waals surface area contributed by atoms with E-state index in [0.29, 0.717) is 28.0 Å². The highest BCUT2D eigenvalue weighted by Gasteiger charge is 2.32. The number of rotatable bonds is 3. The van der Waals surface area contributed by atoms with E-state index in [1.54, 1.807) is 6.92 Å². The summed E-state index contributed by atoms with van der Waals surface area (Å²) in [6.45, 7) is 2.08. The van der Waals surface area contributed by atoms with Gasteiger partial charge >= 0.3 is 5.97 Å². The Morgan fingerprint density at radius 1 is 1.41 bits per heavy atom. The number of esters is 1. The van der Waals surface area contributed by atoms with Crippen LogP contribution in [0.5, 0.6) is 11.5 Å². The summed E-state index contributed by atoms with van der Waals surface area (Å²) in [5.41, 5.74) is 2.16. The molecule has 5 heteroatoms. The molecule has 1 N–H and O–H groups in total. The standard InChI is InChI=1S/C12H14O5/c1-6-10(13)8(4-15-2)7-5-17-12(14)9(7)11(6)16-3/h13H,4-5H2,1-3H3. The molecule has 0 aromatic heterocycles. The molecule has 0 saturated carbocycles. The minimum atomic E-state index is -0.419. The molecule has 92 valence electrons. The topological polar surface area (TPSA) is 65.0 Å². The molecule has 2 rings (SSSR count). The highest BCUT2D eigenvalue weighted by atomic mass is 16.5. The lowest BCUT2D eigenvalue weighted by atomic mass is 9.97. The number of phenols is 1. The van der Waals surface area contributed by atoms with Gasteiger partial charge in [-0.2, -0.15) is 0 Å². The van der Waals surface area contributed by atoms with E-state index in [0.717, 1.165) is 0 Å². The lowest BCUT2D eigenvalue weighted by Gasteiger charge is -2.15. The molecule has 0 atom stereocenters. The van der Waals surface area contributed by atoms with Gasteiger partial charge in [-0.05, 0) is 6.92 Å². The largest absolute Gasteiger partial charge is 0.507 e. The second kappa shape index (κ2) is 4.25. The van der Waals surface area contributed by atoms with Crippen molar-refractivity contribution in [3.63, 3.8) is 0 Å². The zero-order valence-electron chi connectivity index (χ0n) is 9.99. The fourth-order valence-electron chi connectivity index (χ4n) is 2.09. The smallest absolute Gasteiger partial charge is 0.342 e. The molecule has 17 heavy (non-hydrogen) atoms. The number of aromatic hydroxyl groups is 1. The van der Waals surface area contributed by atoms with Crippen LogP contribution in [0.2, 0.25) is 0 Å². The monoisotopic (exact) mass is 238 g/mol. The van der Waals surface area contributed by atoms with Crippen LogP contribution in [0.1, 0.15) is 27.0 Å². The summed E-state index contributed by atoms with van der Waals surface area (Å²) in [4.78, 5) is 11.6. The van der Waals surface area contributed by atoms with E-state index < -0.39 is 5.97 Å². The number of carbonyl (C=O) groups is 1. The Balaban J connectivity index is 2.73. The first-order valence-corrected chi connectivity index (χ1v) is 5.19. The van der Waals surface area contributed by atoms with E-state index in [1.807, 2.05) is 0 Å². The maximum Gasteiger partial charge on any atom is 0.342 e. The van der Waals surface area contributed by atoms with Gasteiger partial charge in [0.2, 0.25) is 0 Å². The van der Waals surface area contributed by atoms with Gasteiger partial charge in [0.25, 0.3) is 0 Å². The van der Waals surface area contributed by atoms with Gasteiger partial charge in [-0.3, -0.25) is 0 Å². The second-order valence-electron chi connectivity index (χ2n) is 3.85. The summed E-state index contributed by atoms with van der Waals surface area (Å²) in [5, 5.41) is 10.1. The summed E-state index contributed by atoms with van der Waals surface area (Å²) >= 11 is 0. The van der Waals surface area contributed by atoms with Crippen LogP contribution >= 0.6 is 0 Å². The van der Waals surface area contributed by atoms with Crippen molar-refractivity contribution in [3.05, 3.63) is 22.3 Å². The molecular formula is C12H14O5. The Hall–Kier alpha value is -1.75. The summed E-state index contributed by atoms with van der Waals surface area (Å²) in [6.07, 6.45) is 0. The summed E-state index contributed by atoms with van der Waals surface area (Å²) in [6, 6.07) is 0. The van der Waals surface area contributed by atoms with Gasteiger partial charge in [-0.15, -0.1) is 0 Å². The Morgan fingerprint density at radius 2 is 2.12 bits per heavy atom. The van der Waals surface area contributed by atoms with Crippen LogP contribution in [-0.2, 0) is 22.7 Å². The van der Waals surface area contributed by atoms with Crippen molar-refractivity contribution in [2.24, 2.45) is 0 Å². The molecule has 1 aromatic carbocycles. The van der Waals surface area contributed by atoms with Crippen molar-refractivity contribution in [2.45, 2.75) is 20.1 Å². The Bertz CT molecular complexity index is 479. The molecule has 5 nitrogen and oxygen atoms in total. The first kappa shape index (κ1) is 11.7. The van der Waals surface area contributed by atoms with E-state index in [9.17, 15) is 9.90 Å². The number of fused-ring (bicyclic) bond motifs is 1. The Labute approximate surface area is 98.9 Å². The van der Waals surface area contributed by atoms with Crippen molar-refractivity contribution in [1.82, 2.24) is 0 Å². The number of hydrogen-bond donors (Lipinski definition) is 1. The molecule has 0 spiro atoms. The normalized spacial score (nSPS) is 13.5. The van der Waals surface area contributed by atoms with E-state index in [2.05, 4.69) is 0 Å². The van der Waals surface area contributed by atoms with E-state index >= 15 is 0 Å². The predicted octanol–water partition coefficient (Wildman–Crippen LogP) is 1.53. The Kier molecular flexibility index (Phi) is 2.93.